The first-order valence-corrected chi connectivity index (χ1v) is 15.4. The number of ether oxygens (including phenoxy) is 1. The lowest BCUT2D eigenvalue weighted by Gasteiger charge is -2.38. The minimum atomic E-state index is -0.843. The molecule has 0 bridgehead atoms. The molecule has 6 nitrogen and oxygen atoms in total. The van der Waals surface area contributed by atoms with Crippen molar-refractivity contribution in [3.8, 4) is 0 Å². The van der Waals surface area contributed by atoms with Crippen molar-refractivity contribution >= 4 is 50.7 Å². The SMILES string of the molecule is CC(C)(C)OC(=O)CN1C(=O)c2ccccc2/C(=C\CCN2CCC(O)(c3ccc(Cl)cc3)CC2)c2ccc(Br)cc21. The first-order valence-electron chi connectivity index (χ1n) is 14.3. The molecule has 2 aliphatic rings. The number of halogens is 2. The average molecular weight is 652 g/mol. The quantitative estimate of drug-likeness (QED) is 0.285. The molecule has 0 aliphatic carbocycles. The summed E-state index contributed by atoms with van der Waals surface area (Å²) in [6, 6.07) is 20.9. The number of anilines is 1. The number of carbonyl (C=O) groups excluding carboxylic acids is 2. The molecular formula is C34H36BrClN2O4. The van der Waals surface area contributed by atoms with Gasteiger partial charge in [0.05, 0.1) is 11.3 Å². The highest BCUT2D eigenvalue weighted by Gasteiger charge is 2.34. The minimum absolute atomic E-state index is 0.189. The number of amides is 1. The van der Waals surface area contributed by atoms with Crippen molar-refractivity contribution in [2.45, 2.75) is 51.2 Å². The van der Waals surface area contributed by atoms with E-state index in [4.69, 9.17) is 16.3 Å². The first kappa shape index (κ1) is 30.5. The fraction of sp³-hybridized carbons (Fsp3) is 0.353. The Morgan fingerprint density at radius 1 is 1.02 bits per heavy atom. The van der Waals surface area contributed by atoms with E-state index in [1.165, 1.54) is 4.90 Å². The summed E-state index contributed by atoms with van der Waals surface area (Å²) in [5, 5.41) is 11.9. The molecule has 1 fully saturated rings. The zero-order chi connectivity index (χ0) is 30.1. The van der Waals surface area contributed by atoms with Crippen molar-refractivity contribution < 1.29 is 19.4 Å². The highest BCUT2D eigenvalue weighted by Crippen LogP contribution is 2.40. The maximum Gasteiger partial charge on any atom is 0.326 e. The van der Waals surface area contributed by atoms with Gasteiger partial charge in [0.25, 0.3) is 5.91 Å². The number of hydrogen-bond acceptors (Lipinski definition) is 5. The van der Waals surface area contributed by atoms with Crippen LogP contribution in [0.1, 0.15) is 67.1 Å². The normalized spacial score (nSPS) is 17.9. The van der Waals surface area contributed by atoms with Gasteiger partial charge in [0.2, 0.25) is 0 Å². The maximum atomic E-state index is 13.9. The predicted molar refractivity (Wildman–Crippen MR) is 171 cm³/mol. The van der Waals surface area contributed by atoms with Gasteiger partial charge < -0.3 is 14.7 Å². The second kappa shape index (κ2) is 12.3. The van der Waals surface area contributed by atoms with Crippen molar-refractivity contribution in [1.82, 2.24) is 4.90 Å². The van der Waals surface area contributed by atoms with Gasteiger partial charge in [-0.1, -0.05) is 70.0 Å². The summed E-state index contributed by atoms with van der Waals surface area (Å²) in [6.07, 6.45) is 4.26. The summed E-state index contributed by atoms with van der Waals surface area (Å²) < 4.78 is 6.40. The molecule has 0 radical (unpaired) electrons. The van der Waals surface area contributed by atoms with Gasteiger partial charge in [-0.15, -0.1) is 0 Å². The number of hydrogen-bond donors (Lipinski definition) is 1. The van der Waals surface area contributed by atoms with Gasteiger partial charge in [0.1, 0.15) is 12.1 Å². The van der Waals surface area contributed by atoms with E-state index in [1.807, 2.05) is 87.5 Å². The van der Waals surface area contributed by atoms with Crippen LogP contribution in [0.15, 0.2) is 77.3 Å². The molecule has 3 aromatic rings. The number of aliphatic hydroxyl groups is 1. The zero-order valence-corrected chi connectivity index (χ0v) is 26.5. The van der Waals surface area contributed by atoms with Crippen LogP contribution in [0.2, 0.25) is 5.02 Å². The first-order chi connectivity index (χ1) is 19.9. The molecule has 5 rings (SSSR count). The predicted octanol–water partition coefficient (Wildman–Crippen LogP) is 7.21. The number of piperidine rings is 1. The lowest BCUT2D eigenvalue weighted by molar-refractivity contribution is -0.152. The van der Waals surface area contributed by atoms with E-state index in [9.17, 15) is 14.7 Å². The number of benzene rings is 3. The van der Waals surface area contributed by atoms with Crippen molar-refractivity contribution in [1.29, 1.82) is 0 Å². The van der Waals surface area contributed by atoms with E-state index < -0.39 is 17.2 Å². The Morgan fingerprint density at radius 3 is 2.36 bits per heavy atom. The van der Waals surface area contributed by atoms with E-state index in [1.54, 1.807) is 0 Å². The summed E-state index contributed by atoms with van der Waals surface area (Å²) in [5.74, 6) is -0.702. The van der Waals surface area contributed by atoms with Crippen LogP contribution in [0.4, 0.5) is 5.69 Å². The summed E-state index contributed by atoms with van der Waals surface area (Å²) in [4.78, 5) is 30.7. The summed E-state index contributed by atoms with van der Waals surface area (Å²) in [5.41, 5.74) is 3.30. The van der Waals surface area contributed by atoms with Crippen LogP contribution in [-0.2, 0) is 15.1 Å². The van der Waals surface area contributed by atoms with Crippen LogP contribution in [0.25, 0.3) is 5.57 Å². The fourth-order valence-electron chi connectivity index (χ4n) is 5.73. The highest BCUT2D eigenvalue weighted by atomic mass is 79.9. The van der Waals surface area contributed by atoms with Crippen molar-refractivity contribution in [3.05, 3.63) is 105 Å². The Kier molecular flexibility index (Phi) is 8.95. The number of likely N-dealkylation sites (tertiary alicyclic amines) is 1. The van der Waals surface area contributed by atoms with Crippen molar-refractivity contribution in [2.24, 2.45) is 0 Å². The van der Waals surface area contributed by atoms with Gasteiger partial charge >= 0.3 is 5.97 Å². The monoisotopic (exact) mass is 650 g/mol. The summed E-state index contributed by atoms with van der Waals surface area (Å²) >= 11 is 9.60. The number of carbonyl (C=O) groups is 2. The van der Waals surface area contributed by atoms with E-state index in [-0.39, 0.29) is 12.5 Å². The lowest BCUT2D eigenvalue weighted by atomic mass is 9.84. The van der Waals surface area contributed by atoms with Crippen LogP contribution >= 0.6 is 27.5 Å². The Hall–Kier alpha value is -2.97. The van der Waals surface area contributed by atoms with E-state index in [0.717, 1.165) is 52.8 Å². The molecule has 0 atom stereocenters. The summed E-state index contributed by atoms with van der Waals surface area (Å²) in [7, 11) is 0. The van der Waals surface area contributed by atoms with Crippen LogP contribution in [0.5, 0.6) is 0 Å². The Morgan fingerprint density at radius 2 is 1.69 bits per heavy atom. The molecular weight excluding hydrogens is 616 g/mol. The largest absolute Gasteiger partial charge is 0.459 e. The fourth-order valence-corrected chi connectivity index (χ4v) is 6.20. The highest BCUT2D eigenvalue weighted by molar-refractivity contribution is 9.10. The maximum absolute atomic E-state index is 13.9. The third-order valence-electron chi connectivity index (χ3n) is 7.80. The standard InChI is InChI=1S/C34H36BrClN2O4/c1-33(2,3)42-31(39)22-38-30-21-24(35)12-15-28(30)26(27-7-4-5-8-29(27)32(38)40)9-6-18-37-19-16-34(41,17-20-37)23-10-13-25(36)14-11-23/h4-5,7-15,21,41H,6,16-20,22H2,1-3H3/b26-9+. The van der Waals surface area contributed by atoms with E-state index >= 15 is 0 Å². The topological polar surface area (TPSA) is 70.1 Å². The van der Waals surface area contributed by atoms with E-state index in [0.29, 0.717) is 29.1 Å². The molecule has 3 aromatic carbocycles. The van der Waals surface area contributed by atoms with Crippen LogP contribution < -0.4 is 4.90 Å². The van der Waals surface area contributed by atoms with Gasteiger partial charge in [-0.25, -0.2) is 0 Å². The molecule has 8 heteroatoms. The molecule has 220 valence electrons. The molecule has 1 amide bonds. The van der Waals surface area contributed by atoms with Crippen LogP contribution in [0.3, 0.4) is 0 Å². The second-order valence-corrected chi connectivity index (χ2v) is 13.3. The number of nitrogens with zero attached hydrogens (tertiary/aromatic N) is 2. The molecule has 0 spiro atoms. The molecule has 42 heavy (non-hydrogen) atoms. The molecule has 0 aromatic heterocycles. The Balaban J connectivity index is 1.39. The number of rotatable bonds is 6. The molecule has 0 unspecified atom stereocenters. The molecule has 0 saturated carbocycles. The molecule has 1 N–H and O–H groups in total. The van der Waals surface area contributed by atoms with Gasteiger partial charge in [0.15, 0.2) is 0 Å². The van der Waals surface area contributed by atoms with Gasteiger partial charge in [0, 0.05) is 40.3 Å². The molecule has 1 saturated heterocycles. The zero-order valence-electron chi connectivity index (χ0n) is 24.2. The lowest BCUT2D eigenvalue weighted by Crippen LogP contribution is -2.42. The van der Waals surface area contributed by atoms with Crippen LogP contribution in [0, 0.1) is 0 Å². The second-order valence-electron chi connectivity index (χ2n) is 12.0. The Labute approximate surface area is 261 Å². The molecule has 2 aliphatic heterocycles. The van der Waals surface area contributed by atoms with Gasteiger partial charge in [-0.2, -0.15) is 0 Å². The van der Waals surface area contributed by atoms with Crippen molar-refractivity contribution in [3.63, 3.8) is 0 Å². The van der Waals surface area contributed by atoms with Crippen LogP contribution in [-0.4, -0.2) is 53.7 Å². The van der Waals surface area contributed by atoms with E-state index in [2.05, 4.69) is 26.9 Å². The average Bonchev–Trinajstić information content (AvgIpc) is 3.03. The Bertz CT molecular complexity index is 1500. The van der Waals surface area contributed by atoms with Gasteiger partial charge in [-0.05, 0) is 87.1 Å². The van der Waals surface area contributed by atoms with Crippen molar-refractivity contribution in [2.75, 3.05) is 31.1 Å². The molecule has 2 heterocycles. The minimum Gasteiger partial charge on any atom is -0.459 e. The number of esters is 1. The third kappa shape index (κ3) is 6.81. The summed E-state index contributed by atoms with van der Waals surface area (Å²) in [6.45, 7) is 7.65. The van der Waals surface area contributed by atoms with Gasteiger partial charge in [-0.3, -0.25) is 14.5 Å². The number of fused-ring (bicyclic) bond motifs is 2. The third-order valence-corrected chi connectivity index (χ3v) is 8.54. The smallest absolute Gasteiger partial charge is 0.326 e.